The van der Waals surface area contributed by atoms with Crippen molar-refractivity contribution in [3.8, 4) is 34.1 Å². The summed E-state index contributed by atoms with van der Waals surface area (Å²) in [5.41, 5.74) is 4.77. The molecule has 4 aromatic rings. The number of benzene rings is 3. The monoisotopic (exact) mass is 488 g/mol. The summed E-state index contributed by atoms with van der Waals surface area (Å²) in [5, 5.41) is 9.09. The number of hydrogen-bond acceptors (Lipinski definition) is 5. The second-order valence-electron chi connectivity index (χ2n) is 8.05. The number of rotatable bonds is 10. The molecule has 35 heavy (non-hydrogen) atoms. The van der Waals surface area contributed by atoms with Crippen LogP contribution in [0, 0.1) is 0 Å². The first-order chi connectivity index (χ1) is 17.0. The highest BCUT2D eigenvalue weighted by atomic mass is 32.2. The van der Waals surface area contributed by atoms with Crippen molar-refractivity contribution < 1.29 is 23.8 Å². The van der Waals surface area contributed by atoms with Crippen LogP contribution in [0.4, 0.5) is 0 Å². The second-order valence-corrected chi connectivity index (χ2v) is 9.07. The van der Waals surface area contributed by atoms with Gasteiger partial charge in [-0.15, -0.1) is 11.8 Å². The van der Waals surface area contributed by atoms with Crippen molar-refractivity contribution in [3.05, 3.63) is 89.5 Å². The number of carbonyl (C=O) groups is 1. The van der Waals surface area contributed by atoms with Gasteiger partial charge in [0.25, 0.3) is 0 Å². The van der Waals surface area contributed by atoms with Gasteiger partial charge in [-0.2, -0.15) is 0 Å². The molecule has 0 saturated heterocycles. The van der Waals surface area contributed by atoms with Gasteiger partial charge in [0.05, 0.1) is 20.6 Å². The minimum absolute atomic E-state index is 0.0102. The van der Waals surface area contributed by atoms with Crippen LogP contribution in [-0.4, -0.2) is 25.3 Å². The third-order valence-corrected chi connectivity index (χ3v) is 6.89. The standard InChI is InChI=1S/C29H28O5S/c1-4-20-13-14-22(16-25(20)33-3)26-17-23(18-35-27-8-6-5-7-24(27)32-2)29(34-26)21-11-9-19(10-12-21)15-28(30)31/h5-14,16-17H,4,15,18H2,1-3H3,(H,30,31). The fourth-order valence-corrected chi connectivity index (χ4v) is 4.95. The number of thioether (sulfide) groups is 1. The number of aryl methyl sites for hydroxylation is 1. The highest BCUT2D eigenvalue weighted by molar-refractivity contribution is 7.98. The first kappa shape index (κ1) is 24.5. The summed E-state index contributed by atoms with van der Waals surface area (Å²) in [5.74, 6) is 3.03. The number of carboxylic acid groups (broad SMARTS) is 1. The van der Waals surface area contributed by atoms with Crippen LogP contribution >= 0.6 is 11.8 Å². The van der Waals surface area contributed by atoms with Crippen LogP contribution in [0.3, 0.4) is 0 Å². The molecule has 0 atom stereocenters. The Morgan fingerprint density at radius 1 is 0.886 bits per heavy atom. The smallest absolute Gasteiger partial charge is 0.307 e. The zero-order valence-electron chi connectivity index (χ0n) is 20.0. The Bertz CT molecular complexity index is 1310. The first-order valence-corrected chi connectivity index (χ1v) is 12.4. The lowest BCUT2D eigenvalue weighted by atomic mass is 10.0. The minimum Gasteiger partial charge on any atom is -0.496 e. The van der Waals surface area contributed by atoms with Crippen LogP contribution < -0.4 is 9.47 Å². The zero-order valence-corrected chi connectivity index (χ0v) is 20.9. The molecule has 0 radical (unpaired) electrons. The molecule has 6 heteroatoms. The molecule has 0 spiro atoms. The molecular formula is C29H28O5S. The molecule has 3 aromatic carbocycles. The molecule has 5 nitrogen and oxygen atoms in total. The van der Waals surface area contributed by atoms with Gasteiger partial charge in [-0.25, -0.2) is 0 Å². The first-order valence-electron chi connectivity index (χ1n) is 11.4. The van der Waals surface area contributed by atoms with E-state index in [0.717, 1.165) is 62.2 Å². The largest absolute Gasteiger partial charge is 0.496 e. The van der Waals surface area contributed by atoms with Gasteiger partial charge in [-0.3, -0.25) is 4.79 Å². The van der Waals surface area contributed by atoms with Crippen molar-refractivity contribution >= 4 is 17.7 Å². The Morgan fingerprint density at radius 2 is 1.60 bits per heavy atom. The van der Waals surface area contributed by atoms with E-state index in [1.807, 2.05) is 54.6 Å². The van der Waals surface area contributed by atoms with Gasteiger partial charge in [-0.05, 0) is 41.8 Å². The van der Waals surface area contributed by atoms with Crippen molar-refractivity contribution in [1.82, 2.24) is 0 Å². The predicted molar refractivity (Wildman–Crippen MR) is 139 cm³/mol. The highest BCUT2D eigenvalue weighted by Gasteiger charge is 2.17. The number of para-hydroxylation sites is 1. The van der Waals surface area contributed by atoms with Gasteiger partial charge in [0.1, 0.15) is 23.0 Å². The molecule has 1 aromatic heterocycles. The van der Waals surface area contributed by atoms with E-state index in [4.69, 9.17) is 19.0 Å². The van der Waals surface area contributed by atoms with E-state index >= 15 is 0 Å². The SMILES string of the molecule is CCc1ccc(-c2cc(CSc3ccccc3OC)c(-c3ccc(CC(=O)O)cc3)o2)cc1OC. The maximum absolute atomic E-state index is 11.1. The normalized spacial score (nSPS) is 10.8. The lowest BCUT2D eigenvalue weighted by Crippen LogP contribution is -1.99. The average molecular weight is 489 g/mol. The van der Waals surface area contributed by atoms with Crippen LogP contribution in [0.15, 0.2) is 82.1 Å². The number of methoxy groups -OCH3 is 2. The van der Waals surface area contributed by atoms with E-state index in [0.29, 0.717) is 5.75 Å². The van der Waals surface area contributed by atoms with Crippen LogP contribution in [0.2, 0.25) is 0 Å². The summed E-state index contributed by atoms with van der Waals surface area (Å²) in [6, 6.07) is 23.6. The lowest BCUT2D eigenvalue weighted by Gasteiger charge is -2.08. The molecule has 0 unspecified atom stereocenters. The fraction of sp³-hybridized carbons (Fsp3) is 0.207. The van der Waals surface area contributed by atoms with E-state index in [-0.39, 0.29) is 6.42 Å². The van der Waals surface area contributed by atoms with Crippen molar-refractivity contribution in [2.24, 2.45) is 0 Å². The van der Waals surface area contributed by atoms with Gasteiger partial charge in [0.15, 0.2) is 0 Å². The number of carboxylic acids is 1. The summed E-state index contributed by atoms with van der Waals surface area (Å²) in [6.45, 7) is 2.10. The van der Waals surface area contributed by atoms with Crippen molar-refractivity contribution in [2.45, 2.75) is 30.4 Å². The molecular weight excluding hydrogens is 460 g/mol. The summed E-state index contributed by atoms with van der Waals surface area (Å²) >= 11 is 1.68. The number of furan rings is 1. The maximum Gasteiger partial charge on any atom is 0.307 e. The third kappa shape index (κ3) is 5.72. The van der Waals surface area contributed by atoms with Gasteiger partial charge in [0, 0.05) is 27.3 Å². The van der Waals surface area contributed by atoms with E-state index in [9.17, 15) is 4.79 Å². The molecule has 0 fully saturated rings. The minimum atomic E-state index is -0.851. The van der Waals surface area contributed by atoms with Crippen LogP contribution in [0.25, 0.3) is 22.6 Å². The topological polar surface area (TPSA) is 68.9 Å². The number of hydrogen-bond donors (Lipinski definition) is 1. The van der Waals surface area contributed by atoms with E-state index in [2.05, 4.69) is 25.1 Å². The summed E-state index contributed by atoms with van der Waals surface area (Å²) in [7, 11) is 3.35. The number of ether oxygens (including phenoxy) is 2. The molecule has 0 aliphatic rings. The third-order valence-electron chi connectivity index (χ3n) is 5.79. The summed E-state index contributed by atoms with van der Waals surface area (Å²) < 4.78 is 17.5. The average Bonchev–Trinajstić information content (AvgIpc) is 3.31. The molecule has 4 rings (SSSR count). The van der Waals surface area contributed by atoms with Gasteiger partial charge >= 0.3 is 5.97 Å². The van der Waals surface area contributed by atoms with Gasteiger partial charge < -0.3 is 19.0 Å². The lowest BCUT2D eigenvalue weighted by molar-refractivity contribution is -0.136. The van der Waals surface area contributed by atoms with Crippen molar-refractivity contribution in [3.63, 3.8) is 0 Å². The van der Waals surface area contributed by atoms with E-state index in [1.165, 1.54) is 0 Å². The Morgan fingerprint density at radius 3 is 2.29 bits per heavy atom. The molecule has 0 saturated carbocycles. The second kappa shape index (κ2) is 11.2. The quantitative estimate of drug-likeness (QED) is 0.240. The molecule has 1 N–H and O–H groups in total. The van der Waals surface area contributed by atoms with Crippen LogP contribution in [0.5, 0.6) is 11.5 Å². The summed E-state index contributed by atoms with van der Waals surface area (Å²) in [6.07, 6.45) is 0.875. The maximum atomic E-state index is 11.1. The molecule has 1 heterocycles. The highest BCUT2D eigenvalue weighted by Crippen LogP contribution is 2.39. The predicted octanol–water partition coefficient (Wildman–Crippen LogP) is 7.11. The fourth-order valence-electron chi connectivity index (χ4n) is 3.95. The number of aliphatic carboxylic acids is 1. The zero-order chi connectivity index (χ0) is 24.8. The van der Waals surface area contributed by atoms with E-state index < -0.39 is 5.97 Å². The molecule has 0 bridgehead atoms. The molecule has 0 aliphatic carbocycles. The molecule has 0 aliphatic heterocycles. The van der Waals surface area contributed by atoms with E-state index in [1.54, 1.807) is 26.0 Å². The molecule has 0 amide bonds. The van der Waals surface area contributed by atoms with Crippen LogP contribution in [-0.2, 0) is 23.4 Å². The van der Waals surface area contributed by atoms with Gasteiger partial charge in [0.2, 0.25) is 0 Å². The van der Waals surface area contributed by atoms with Gasteiger partial charge in [-0.1, -0.05) is 55.5 Å². The Labute approximate surface area is 209 Å². The summed E-state index contributed by atoms with van der Waals surface area (Å²) in [4.78, 5) is 12.1. The van der Waals surface area contributed by atoms with Crippen molar-refractivity contribution in [2.75, 3.05) is 14.2 Å². The Balaban J connectivity index is 1.71. The molecule has 180 valence electrons. The van der Waals surface area contributed by atoms with Crippen molar-refractivity contribution in [1.29, 1.82) is 0 Å². The Kier molecular flexibility index (Phi) is 7.83. The Hall–Kier alpha value is -3.64. The van der Waals surface area contributed by atoms with Crippen LogP contribution in [0.1, 0.15) is 23.6 Å².